The van der Waals surface area contributed by atoms with Crippen molar-refractivity contribution in [3.63, 3.8) is 0 Å². The van der Waals surface area contributed by atoms with Crippen LogP contribution in [-0.2, 0) is 16.1 Å². The summed E-state index contributed by atoms with van der Waals surface area (Å²) in [5.41, 5.74) is 0.678. The second-order valence-corrected chi connectivity index (χ2v) is 5.01. The van der Waals surface area contributed by atoms with E-state index in [1.807, 2.05) is 18.7 Å². The van der Waals surface area contributed by atoms with Gasteiger partial charge in [0.15, 0.2) is 0 Å². The topological polar surface area (TPSA) is 72.7 Å². The van der Waals surface area contributed by atoms with Crippen molar-refractivity contribution in [2.24, 2.45) is 0 Å². The van der Waals surface area contributed by atoms with E-state index in [1.165, 1.54) is 19.2 Å². The maximum absolute atomic E-state index is 11.4. The zero-order chi connectivity index (χ0) is 15.3. The Morgan fingerprint density at radius 2 is 2.15 bits per heavy atom. The van der Waals surface area contributed by atoms with E-state index in [2.05, 4.69) is 4.74 Å². The van der Waals surface area contributed by atoms with E-state index in [-0.39, 0.29) is 24.2 Å². The fraction of sp³-hybridized carbons (Fsp3) is 0.462. The van der Waals surface area contributed by atoms with Crippen molar-refractivity contribution in [3.8, 4) is 0 Å². The highest BCUT2D eigenvalue weighted by Crippen LogP contribution is 2.24. The minimum Gasteiger partial charge on any atom is -0.468 e. The Kier molecular flexibility index (Phi) is 5.91. The van der Waals surface area contributed by atoms with Gasteiger partial charge in [-0.1, -0.05) is 11.6 Å². The lowest BCUT2D eigenvalue weighted by Gasteiger charge is -2.25. The van der Waals surface area contributed by atoms with Crippen LogP contribution in [-0.4, -0.2) is 35.5 Å². The molecule has 0 bridgehead atoms. The van der Waals surface area contributed by atoms with E-state index in [1.54, 1.807) is 6.07 Å². The molecule has 1 aromatic carbocycles. The van der Waals surface area contributed by atoms with Gasteiger partial charge >= 0.3 is 5.97 Å². The molecule has 0 aliphatic rings. The van der Waals surface area contributed by atoms with Gasteiger partial charge < -0.3 is 4.74 Å². The number of rotatable bonds is 6. The molecule has 0 fully saturated rings. The Labute approximate surface area is 122 Å². The Hall–Kier alpha value is -1.66. The molecule has 1 rings (SSSR count). The number of nitrogens with zero attached hydrogens (tertiary/aromatic N) is 2. The smallest absolute Gasteiger partial charge is 0.319 e. The van der Waals surface area contributed by atoms with Crippen LogP contribution in [0.5, 0.6) is 0 Å². The average Bonchev–Trinajstić information content (AvgIpc) is 2.39. The van der Waals surface area contributed by atoms with Crippen molar-refractivity contribution in [2.75, 3.05) is 13.7 Å². The van der Waals surface area contributed by atoms with Gasteiger partial charge in [0.25, 0.3) is 5.69 Å². The minimum atomic E-state index is -0.496. The maximum Gasteiger partial charge on any atom is 0.319 e. The molecular formula is C13H17ClN2O4. The van der Waals surface area contributed by atoms with Crippen molar-refractivity contribution in [1.29, 1.82) is 0 Å². The van der Waals surface area contributed by atoms with E-state index in [4.69, 9.17) is 11.6 Å². The number of non-ortho nitro benzene ring substituents is 1. The fourth-order valence-corrected chi connectivity index (χ4v) is 1.88. The molecule has 110 valence electrons. The number of esters is 1. The highest BCUT2D eigenvalue weighted by Gasteiger charge is 2.17. The fourth-order valence-electron chi connectivity index (χ4n) is 1.65. The second kappa shape index (κ2) is 7.21. The highest BCUT2D eigenvalue weighted by molar-refractivity contribution is 6.31. The normalized spacial score (nSPS) is 10.9. The first-order valence-corrected chi connectivity index (χ1v) is 6.46. The number of benzene rings is 1. The third-order valence-electron chi connectivity index (χ3n) is 2.91. The quantitative estimate of drug-likeness (QED) is 0.459. The predicted octanol–water partition coefficient (Wildman–Crippen LogP) is 2.63. The van der Waals surface area contributed by atoms with Gasteiger partial charge in [-0.25, -0.2) is 0 Å². The Balaban J connectivity index is 2.88. The van der Waals surface area contributed by atoms with Gasteiger partial charge in [-0.2, -0.15) is 0 Å². The average molecular weight is 301 g/mol. The third-order valence-corrected chi connectivity index (χ3v) is 3.26. The van der Waals surface area contributed by atoms with E-state index >= 15 is 0 Å². The molecule has 0 N–H and O–H groups in total. The minimum absolute atomic E-state index is 0.0529. The molecule has 20 heavy (non-hydrogen) atoms. The zero-order valence-corrected chi connectivity index (χ0v) is 12.4. The molecule has 0 unspecified atom stereocenters. The Bertz CT molecular complexity index is 505. The molecule has 7 heteroatoms. The number of nitro benzene ring substituents is 1. The predicted molar refractivity (Wildman–Crippen MR) is 75.7 cm³/mol. The molecule has 0 aromatic heterocycles. The number of hydrogen-bond acceptors (Lipinski definition) is 5. The zero-order valence-electron chi connectivity index (χ0n) is 11.6. The molecule has 0 spiro atoms. The SMILES string of the molecule is COC(=O)CN(Cc1ccc([N+](=O)[O-])cc1Cl)C(C)C. The van der Waals surface area contributed by atoms with Gasteiger partial charge in [0.1, 0.15) is 0 Å². The molecule has 0 atom stereocenters. The van der Waals surface area contributed by atoms with Crippen LogP contribution >= 0.6 is 11.6 Å². The summed E-state index contributed by atoms with van der Waals surface area (Å²) < 4.78 is 4.65. The molecule has 0 heterocycles. The van der Waals surface area contributed by atoms with Gasteiger partial charge in [0.2, 0.25) is 0 Å². The summed E-state index contributed by atoms with van der Waals surface area (Å²) >= 11 is 6.05. The van der Waals surface area contributed by atoms with Crippen molar-refractivity contribution >= 4 is 23.3 Å². The molecule has 1 aromatic rings. The summed E-state index contributed by atoms with van der Waals surface area (Å²) in [6, 6.07) is 4.43. The molecule has 0 radical (unpaired) electrons. The third kappa shape index (κ3) is 4.47. The van der Waals surface area contributed by atoms with Crippen LogP contribution < -0.4 is 0 Å². The summed E-state index contributed by atoms with van der Waals surface area (Å²) in [6.45, 7) is 4.45. The first-order chi connectivity index (χ1) is 9.35. The number of carbonyl (C=O) groups excluding carboxylic acids is 1. The Morgan fingerprint density at radius 3 is 2.60 bits per heavy atom. The summed E-state index contributed by atoms with van der Waals surface area (Å²) in [4.78, 5) is 23.4. The van der Waals surface area contributed by atoms with Crippen LogP contribution in [0.2, 0.25) is 5.02 Å². The van der Waals surface area contributed by atoms with Gasteiger partial charge in [0, 0.05) is 24.7 Å². The van der Waals surface area contributed by atoms with Crippen molar-refractivity contribution in [1.82, 2.24) is 4.90 Å². The van der Waals surface area contributed by atoms with Crippen LogP contribution in [0.4, 0.5) is 5.69 Å². The van der Waals surface area contributed by atoms with E-state index < -0.39 is 4.92 Å². The van der Waals surface area contributed by atoms with Crippen molar-refractivity contribution in [3.05, 3.63) is 38.9 Å². The van der Waals surface area contributed by atoms with Gasteiger partial charge in [0.05, 0.1) is 23.6 Å². The molecular weight excluding hydrogens is 284 g/mol. The lowest BCUT2D eigenvalue weighted by molar-refractivity contribution is -0.384. The standard InChI is InChI=1S/C13H17ClN2O4/c1-9(2)15(8-13(17)20-3)7-10-4-5-11(16(18)19)6-12(10)14/h4-6,9H,7-8H2,1-3H3. The molecule has 0 saturated carbocycles. The van der Waals surface area contributed by atoms with Crippen molar-refractivity contribution < 1.29 is 14.5 Å². The van der Waals surface area contributed by atoms with Crippen LogP contribution in [0.25, 0.3) is 0 Å². The Morgan fingerprint density at radius 1 is 1.50 bits per heavy atom. The summed E-state index contributed by atoms with van der Waals surface area (Å²) in [5.74, 6) is -0.336. The van der Waals surface area contributed by atoms with Crippen LogP contribution in [0, 0.1) is 10.1 Å². The number of halogens is 1. The van der Waals surface area contributed by atoms with Crippen molar-refractivity contribution in [2.45, 2.75) is 26.4 Å². The molecule has 0 aliphatic heterocycles. The van der Waals surface area contributed by atoms with E-state index in [9.17, 15) is 14.9 Å². The molecule has 0 saturated heterocycles. The van der Waals surface area contributed by atoms with Crippen LogP contribution in [0.3, 0.4) is 0 Å². The van der Waals surface area contributed by atoms with Crippen LogP contribution in [0.1, 0.15) is 19.4 Å². The number of nitro groups is 1. The number of methoxy groups -OCH3 is 1. The first-order valence-electron chi connectivity index (χ1n) is 6.08. The lowest BCUT2D eigenvalue weighted by atomic mass is 10.1. The number of hydrogen-bond donors (Lipinski definition) is 0. The first kappa shape index (κ1) is 16.4. The van der Waals surface area contributed by atoms with Gasteiger partial charge in [-0.15, -0.1) is 0 Å². The molecule has 0 amide bonds. The van der Waals surface area contributed by atoms with E-state index in [0.717, 1.165) is 5.56 Å². The largest absolute Gasteiger partial charge is 0.468 e. The molecule has 0 aliphatic carbocycles. The maximum atomic E-state index is 11.4. The number of ether oxygens (including phenoxy) is 1. The number of carbonyl (C=O) groups is 1. The summed E-state index contributed by atoms with van der Waals surface area (Å²) in [6.07, 6.45) is 0. The highest BCUT2D eigenvalue weighted by atomic mass is 35.5. The summed E-state index contributed by atoms with van der Waals surface area (Å²) in [7, 11) is 1.33. The van der Waals surface area contributed by atoms with E-state index in [0.29, 0.717) is 11.6 Å². The van der Waals surface area contributed by atoms with Gasteiger partial charge in [-0.05, 0) is 25.5 Å². The monoisotopic (exact) mass is 300 g/mol. The lowest BCUT2D eigenvalue weighted by Crippen LogP contribution is -2.35. The summed E-state index contributed by atoms with van der Waals surface area (Å²) in [5, 5.41) is 11.0. The second-order valence-electron chi connectivity index (χ2n) is 4.61. The molecule has 6 nitrogen and oxygen atoms in total. The van der Waals surface area contributed by atoms with Gasteiger partial charge in [-0.3, -0.25) is 19.8 Å². The van der Waals surface area contributed by atoms with Crippen LogP contribution in [0.15, 0.2) is 18.2 Å².